The first-order valence-electron chi connectivity index (χ1n) is 9.05. The van der Waals surface area contributed by atoms with Crippen LogP contribution in [0.5, 0.6) is 0 Å². The van der Waals surface area contributed by atoms with Crippen LogP contribution in [-0.4, -0.2) is 45.2 Å². The van der Waals surface area contributed by atoms with E-state index >= 15 is 0 Å². The Kier molecular flexibility index (Phi) is 5.39. The molecule has 8 nitrogen and oxygen atoms in total. The van der Waals surface area contributed by atoms with Gasteiger partial charge in [0.2, 0.25) is 11.9 Å². The van der Waals surface area contributed by atoms with Gasteiger partial charge in [0.25, 0.3) is 5.56 Å². The molecular weight excluding hydrogens is 332 g/mol. The van der Waals surface area contributed by atoms with Crippen molar-refractivity contribution in [2.24, 2.45) is 0 Å². The molecular formula is C18H26N6O2. The predicted octanol–water partition coefficient (Wildman–Crippen LogP) is 1.14. The topological polar surface area (TPSA) is 107 Å². The highest BCUT2D eigenvalue weighted by atomic mass is 16.1. The second-order valence-corrected chi connectivity index (χ2v) is 6.95. The van der Waals surface area contributed by atoms with Gasteiger partial charge in [0, 0.05) is 43.0 Å². The van der Waals surface area contributed by atoms with Crippen LogP contribution in [0.15, 0.2) is 10.9 Å². The standard InChI is InChI=1S/C18H26N6O2/c1-11-10-17(26)21-18(19-11)24-8-6-14(7-9-24)20-16(25)5-4-15-12(2)22-23-13(15)3/h10,14H,4-9H2,1-3H3,(H,20,25)(H,22,23)(H,19,21,26). The predicted molar refractivity (Wildman–Crippen MR) is 99.4 cm³/mol. The second kappa shape index (κ2) is 7.72. The fourth-order valence-electron chi connectivity index (χ4n) is 3.43. The average molecular weight is 358 g/mol. The van der Waals surface area contributed by atoms with Gasteiger partial charge in [-0.1, -0.05) is 0 Å². The molecule has 0 atom stereocenters. The van der Waals surface area contributed by atoms with Gasteiger partial charge in [-0.15, -0.1) is 0 Å². The van der Waals surface area contributed by atoms with Crippen molar-refractivity contribution in [3.8, 4) is 0 Å². The molecule has 3 N–H and O–H groups in total. The van der Waals surface area contributed by atoms with E-state index in [2.05, 4.69) is 30.4 Å². The van der Waals surface area contributed by atoms with Crippen LogP contribution in [0.4, 0.5) is 5.95 Å². The normalized spacial score (nSPS) is 15.3. The molecule has 140 valence electrons. The summed E-state index contributed by atoms with van der Waals surface area (Å²) in [4.78, 5) is 33.1. The number of nitrogens with zero attached hydrogens (tertiary/aromatic N) is 3. The smallest absolute Gasteiger partial charge is 0.252 e. The van der Waals surface area contributed by atoms with E-state index in [-0.39, 0.29) is 17.5 Å². The van der Waals surface area contributed by atoms with Gasteiger partial charge in [0.05, 0.1) is 5.69 Å². The lowest BCUT2D eigenvalue weighted by atomic mass is 10.0. The van der Waals surface area contributed by atoms with Crippen molar-refractivity contribution in [1.29, 1.82) is 0 Å². The molecule has 26 heavy (non-hydrogen) atoms. The van der Waals surface area contributed by atoms with Gasteiger partial charge in [0.1, 0.15) is 0 Å². The Bertz CT molecular complexity index is 813. The van der Waals surface area contributed by atoms with Crippen LogP contribution in [0.1, 0.15) is 41.9 Å². The summed E-state index contributed by atoms with van der Waals surface area (Å²) < 4.78 is 0. The van der Waals surface area contributed by atoms with E-state index in [1.807, 2.05) is 20.8 Å². The Balaban J connectivity index is 1.47. The molecule has 3 heterocycles. The Hall–Kier alpha value is -2.64. The maximum atomic E-state index is 12.3. The molecule has 1 amide bonds. The van der Waals surface area contributed by atoms with Gasteiger partial charge in [-0.3, -0.25) is 19.7 Å². The highest BCUT2D eigenvalue weighted by Gasteiger charge is 2.22. The average Bonchev–Trinajstić information content (AvgIpc) is 2.91. The molecule has 2 aromatic heterocycles. The Labute approximate surface area is 152 Å². The number of amides is 1. The van der Waals surface area contributed by atoms with Crippen LogP contribution in [0.2, 0.25) is 0 Å². The third-order valence-electron chi connectivity index (χ3n) is 4.90. The molecule has 2 aromatic rings. The van der Waals surface area contributed by atoms with Crippen LogP contribution in [0.3, 0.4) is 0 Å². The van der Waals surface area contributed by atoms with Crippen molar-refractivity contribution in [3.63, 3.8) is 0 Å². The number of rotatable bonds is 5. The van der Waals surface area contributed by atoms with Crippen LogP contribution < -0.4 is 15.8 Å². The Morgan fingerprint density at radius 3 is 2.65 bits per heavy atom. The van der Waals surface area contributed by atoms with Crippen LogP contribution >= 0.6 is 0 Å². The number of carbonyl (C=O) groups excluding carboxylic acids is 1. The van der Waals surface area contributed by atoms with E-state index in [1.54, 1.807) is 0 Å². The molecule has 0 radical (unpaired) electrons. The summed E-state index contributed by atoms with van der Waals surface area (Å²) in [6.07, 6.45) is 2.85. The van der Waals surface area contributed by atoms with Crippen molar-refractivity contribution in [2.75, 3.05) is 18.0 Å². The number of hydrogen-bond acceptors (Lipinski definition) is 5. The highest BCUT2D eigenvalue weighted by Crippen LogP contribution is 2.16. The van der Waals surface area contributed by atoms with Gasteiger partial charge in [0.15, 0.2) is 0 Å². The number of hydrogen-bond donors (Lipinski definition) is 3. The molecule has 8 heteroatoms. The number of H-pyrrole nitrogens is 2. The minimum atomic E-state index is -0.132. The molecule has 0 aliphatic carbocycles. The largest absolute Gasteiger partial charge is 0.353 e. The lowest BCUT2D eigenvalue weighted by molar-refractivity contribution is -0.121. The Morgan fingerprint density at radius 1 is 1.31 bits per heavy atom. The van der Waals surface area contributed by atoms with Crippen LogP contribution in [-0.2, 0) is 11.2 Å². The molecule has 0 saturated carbocycles. The van der Waals surface area contributed by atoms with Crippen molar-refractivity contribution < 1.29 is 4.79 Å². The van der Waals surface area contributed by atoms with E-state index in [0.717, 1.165) is 42.9 Å². The third kappa shape index (κ3) is 4.30. The summed E-state index contributed by atoms with van der Waals surface area (Å²) in [6, 6.07) is 1.65. The van der Waals surface area contributed by atoms with E-state index < -0.39 is 0 Å². The third-order valence-corrected chi connectivity index (χ3v) is 4.90. The van der Waals surface area contributed by atoms with Crippen molar-refractivity contribution in [2.45, 2.75) is 52.5 Å². The summed E-state index contributed by atoms with van der Waals surface area (Å²) in [5.74, 6) is 0.691. The molecule has 1 fully saturated rings. The molecule has 3 rings (SSSR count). The molecule has 1 aliphatic heterocycles. The number of anilines is 1. The van der Waals surface area contributed by atoms with Gasteiger partial charge < -0.3 is 10.2 Å². The summed E-state index contributed by atoms with van der Waals surface area (Å²) in [5, 5.41) is 10.2. The second-order valence-electron chi connectivity index (χ2n) is 6.95. The number of aromatic amines is 2. The van der Waals surface area contributed by atoms with Gasteiger partial charge in [-0.25, -0.2) is 4.98 Å². The number of aromatic nitrogens is 4. The van der Waals surface area contributed by atoms with E-state index in [4.69, 9.17) is 0 Å². The molecule has 1 aliphatic rings. The van der Waals surface area contributed by atoms with Crippen molar-refractivity contribution in [3.05, 3.63) is 39.1 Å². The summed E-state index contributed by atoms with van der Waals surface area (Å²) in [7, 11) is 0. The van der Waals surface area contributed by atoms with Crippen LogP contribution in [0, 0.1) is 20.8 Å². The highest BCUT2D eigenvalue weighted by molar-refractivity contribution is 5.76. The maximum absolute atomic E-state index is 12.3. The lowest BCUT2D eigenvalue weighted by Gasteiger charge is -2.32. The number of carbonyl (C=O) groups is 1. The molecule has 0 spiro atoms. The number of nitrogens with one attached hydrogen (secondary N) is 3. The molecule has 0 aromatic carbocycles. The zero-order chi connectivity index (χ0) is 18.7. The Morgan fingerprint density at radius 2 is 2.04 bits per heavy atom. The first-order chi connectivity index (χ1) is 12.4. The van der Waals surface area contributed by atoms with Gasteiger partial charge >= 0.3 is 0 Å². The molecule has 1 saturated heterocycles. The van der Waals surface area contributed by atoms with Crippen LogP contribution in [0.25, 0.3) is 0 Å². The van der Waals surface area contributed by atoms with Crippen molar-refractivity contribution >= 4 is 11.9 Å². The van der Waals surface area contributed by atoms with E-state index in [9.17, 15) is 9.59 Å². The first kappa shape index (κ1) is 18.2. The fraction of sp³-hybridized carbons (Fsp3) is 0.556. The zero-order valence-corrected chi connectivity index (χ0v) is 15.6. The monoisotopic (exact) mass is 358 g/mol. The SMILES string of the molecule is Cc1cc(=O)[nH]c(N2CCC(NC(=O)CCc3c(C)n[nH]c3C)CC2)n1. The quantitative estimate of drug-likeness (QED) is 0.743. The molecule has 0 bridgehead atoms. The summed E-state index contributed by atoms with van der Waals surface area (Å²) in [6.45, 7) is 7.27. The maximum Gasteiger partial charge on any atom is 0.252 e. The lowest BCUT2D eigenvalue weighted by Crippen LogP contribution is -2.45. The van der Waals surface area contributed by atoms with Gasteiger partial charge in [-0.2, -0.15) is 5.10 Å². The van der Waals surface area contributed by atoms with E-state index in [1.165, 1.54) is 6.07 Å². The van der Waals surface area contributed by atoms with E-state index in [0.29, 0.717) is 24.5 Å². The molecule has 0 unspecified atom stereocenters. The number of aryl methyl sites for hydroxylation is 3. The summed E-state index contributed by atoms with van der Waals surface area (Å²) in [5.41, 5.74) is 3.70. The zero-order valence-electron chi connectivity index (χ0n) is 15.6. The minimum Gasteiger partial charge on any atom is -0.353 e. The minimum absolute atomic E-state index is 0.0746. The first-order valence-corrected chi connectivity index (χ1v) is 9.05. The number of piperidine rings is 1. The fourth-order valence-corrected chi connectivity index (χ4v) is 3.43. The van der Waals surface area contributed by atoms with Crippen molar-refractivity contribution in [1.82, 2.24) is 25.5 Å². The summed E-state index contributed by atoms with van der Waals surface area (Å²) >= 11 is 0. The van der Waals surface area contributed by atoms with Gasteiger partial charge in [-0.05, 0) is 45.6 Å².